The van der Waals surface area contributed by atoms with E-state index in [1.54, 1.807) is 12.1 Å². The molecular weight excluding hydrogens is 348 g/mol. The van der Waals surface area contributed by atoms with E-state index in [2.05, 4.69) is 10.6 Å². The Morgan fingerprint density at radius 2 is 2.04 bits per heavy atom. The van der Waals surface area contributed by atoms with Crippen LogP contribution in [0.1, 0.15) is 29.3 Å². The van der Waals surface area contributed by atoms with Gasteiger partial charge in [0.15, 0.2) is 0 Å². The van der Waals surface area contributed by atoms with E-state index in [9.17, 15) is 9.59 Å². The summed E-state index contributed by atoms with van der Waals surface area (Å²) in [5.41, 5.74) is 2.39. The van der Waals surface area contributed by atoms with E-state index < -0.39 is 0 Å². The van der Waals surface area contributed by atoms with Gasteiger partial charge in [-0.1, -0.05) is 30.3 Å². The van der Waals surface area contributed by atoms with Gasteiger partial charge in [-0.25, -0.2) is 0 Å². The fourth-order valence-electron chi connectivity index (χ4n) is 2.59. The standard InChI is InChI=1S/C20H22N2O3S/c1-14-19(23)22-17-12-16(8-9-18(17)26-14)20(24)21-10-5-11-25-13-15-6-3-2-4-7-15/h2-4,6-9,12,14H,5,10-11,13H2,1H3,(H,21,24)(H,22,23)/t14-/m0/s1. The number of benzene rings is 2. The normalized spacial score (nSPS) is 15.9. The molecule has 2 amide bonds. The average Bonchev–Trinajstić information content (AvgIpc) is 2.66. The molecule has 0 spiro atoms. The van der Waals surface area contributed by atoms with Gasteiger partial charge in [0, 0.05) is 23.6 Å². The number of carbonyl (C=O) groups is 2. The molecule has 0 aromatic heterocycles. The zero-order chi connectivity index (χ0) is 18.4. The number of rotatable bonds is 7. The maximum atomic E-state index is 12.3. The van der Waals surface area contributed by atoms with E-state index in [4.69, 9.17) is 4.74 Å². The summed E-state index contributed by atoms with van der Waals surface area (Å²) in [6.45, 7) is 3.58. The van der Waals surface area contributed by atoms with E-state index in [-0.39, 0.29) is 17.1 Å². The van der Waals surface area contributed by atoms with Gasteiger partial charge in [-0.15, -0.1) is 11.8 Å². The van der Waals surface area contributed by atoms with Crippen molar-refractivity contribution < 1.29 is 14.3 Å². The van der Waals surface area contributed by atoms with Gasteiger partial charge in [-0.05, 0) is 37.1 Å². The monoisotopic (exact) mass is 370 g/mol. The zero-order valence-electron chi connectivity index (χ0n) is 14.7. The minimum atomic E-state index is -0.145. The average molecular weight is 370 g/mol. The molecule has 5 nitrogen and oxygen atoms in total. The van der Waals surface area contributed by atoms with E-state index in [1.165, 1.54) is 11.8 Å². The Balaban J connectivity index is 1.41. The predicted molar refractivity (Wildman–Crippen MR) is 103 cm³/mol. The molecule has 0 saturated heterocycles. The lowest BCUT2D eigenvalue weighted by atomic mass is 10.1. The molecule has 2 aromatic rings. The first-order chi connectivity index (χ1) is 12.6. The number of ether oxygens (including phenoxy) is 1. The van der Waals surface area contributed by atoms with Crippen LogP contribution in [0.25, 0.3) is 0 Å². The first kappa shape index (κ1) is 18.5. The number of hydrogen-bond acceptors (Lipinski definition) is 4. The number of hydrogen-bond donors (Lipinski definition) is 2. The Labute approximate surface area is 157 Å². The molecular formula is C20H22N2O3S. The summed E-state index contributed by atoms with van der Waals surface area (Å²) in [6, 6.07) is 15.4. The number of nitrogens with one attached hydrogen (secondary N) is 2. The van der Waals surface area contributed by atoms with Gasteiger partial charge in [0.2, 0.25) is 5.91 Å². The summed E-state index contributed by atoms with van der Waals surface area (Å²) in [7, 11) is 0. The third kappa shape index (κ3) is 4.86. The molecule has 1 aliphatic rings. The van der Waals surface area contributed by atoms with Crippen LogP contribution in [-0.2, 0) is 16.1 Å². The minimum absolute atomic E-state index is 0.0318. The van der Waals surface area contributed by atoms with Crippen molar-refractivity contribution in [3.63, 3.8) is 0 Å². The largest absolute Gasteiger partial charge is 0.377 e. The molecule has 1 aliphatic heterocycles. The van der Waals surface area contributed by atoms with Gasteiger partial charge in [0.05, 0.1) is 17.5 Å². The minimum Gasteiger partial charge on any atom is -0.377 e. The quantitative estimate of drug-likeness (QED) is 0.733. The molecule has 2 N–H and O–H groups in total. The third-order valence-corrected chi connectivity index (χ3v) is 5.21. The Hall–Kier alpha value is -2.31. The zero-order valence-corrected chi connectivity index (χ0v) is 15.5. The van der Waals surface area contributed by atoms with E-state index in [0.29, 0.717) is 31.0 Å². The maximum Gasteiger partial charge on any atom is 0.251 e. The van der Waals surface area contributed by atoms with Crippen LogP contribution in [0.15, 0.2) is 53.4 Å². The topological polar surface area (TPSA) is 67.4 Å². The van der Waals surface area contributed by atoms with Crippen LogP contribution >= 0.6 is 11.8 Å². The molecule has 1 heterocycles. The summed E-state index contributed by atoms with van der Waals surface area (Å²) in [5, 5.41) is 5.62. The molecule has 1 atom stereocenters. The first-order valence-electron chi connectivity index (χ1n) is 8.65. The van der Waals surface area contributed by atoms with E-state index in [0.717, 1.165) is 16.9 Å². The molecule has 0 unspecified atom stereocenters. The second-order valence-corrected chi connectivity index (χ2v) is 7.49. The molecule has 0 saturated carbocycles. The molecule has 136 valence electrons. The maximum absolute atomic E-state index is 12.3. The van der Waals surface area contributed by atoms with Crippen molar-refractivity contribution in [2.45, 2.75) is 30.1 Å². The summed E-state index contributed by atoms with van der Waals surface area (Å²) in [5.74, 6) is -0.177. The lowest BCUT2D eigenvalue weighted by Gasteiger charge is -2.21. The van der Waals surface area contributed by atoms with Crippen molar-refractivity contribution in [2.75, 3.05) is 18.5 Å². The number of carbonyl (C=O) groups excluding carboxylic acids is 2. The molecule has 26 heavy (non-hydrogen) atoms. The third-order valence-electron chi connectivity index (χ3n) is 4.04. The SMILES string of the molecule is C[C@@H]1Sc2ccc(C(=O)NCCCOCc3ccccc3)cc2NC1=O. The molecule has 0 bridgehead atoms. The van der Waals surface area contributed by atoms with Crippen molar-refractivity contribution in [3.05, 3.63) is 59.7 Å². The molecule has 2 aromatic carbocycles. The molecule has 6 heteroatoms. The van der Waals surface area contributed by atoms with Crippen LogP contribution in [0, 0.1) is 0 Å². The van der Waals surface area contributed by atoms with E-state index in [1.807, 2.05) is 43.3 Å². The van der Waals surface area contributed by atoms with Crippen molar-refractivity contribution in [2.24, 2.45) is 0 Å². The fourth-order valence-corrected chi connectivity index (χ4v) is 3.52. The number of thioether (sulfide) groups is 1. The number of amides is 2. The van der Waals surface area contributed by atoms with E-state index >= 15 is 0 Å². The lowest BCUT2D eigenvalue weighted by molar-refractivity contribution is -0.115. The van der Waals surface area contributed by atoms with Gasteiger partial charge < -0.3 is 15.4 Å². The summed E-state index contributed by atoms with van der Waals surface area (Å²) >= 11 is 1.51. The molecule has 0 fully saturated rings. The van der Waals surface area contributed by atoms with Crippen molar-refractivity contribution in [1.82, 2.24) is 5.32 Å². The Morgan fingerprint density at radius 3 is 2.85 bits per heavy atom. The van der Waals surface area contributed by atoms with Crippen LogP contribution in [-0.4, -0.2) is 30.2 Å². The lowest BCUT2D eigenvalue weighted by Crippen LogP contribution is -2.28. The van der Waals surface area contributed by atoms with Gasteiger partial charge >= 0.3 is 0 Å². The highest BCUT2D eigenvalue weighted by molar-refractivity contribution is 8.00. The Bertz CT molecular complexity index is 780. The Kier molecular flexibility index (Phi) is 6.30. The van der Waals surface area contributed by atoms with Crippen LogP contribution in [0.5, 0.6) is 0 Å². The summed E-state index contributed by atoms with van der Waals surface area (Å²) < 4.78 is 5.60. The predicted octanol–water partition coefficient (Wildman–Crippen LogP) is 3.46. The molecule has 0 aliphatic carbocycles. The second kappa shape index (κ2) is 8.87. The van der Waals surface area contributed by atoms with Crippen molar-refractivity contribution >= 4 is 29.3 Å². The molecule has 0 radical (unpaired) electrons. The summed E-state index contributed by atoms with van der Waals surface area (Å²) in [6.07, 6.45) is 0.744. The van der Waals surface area contributed by atoms with Crippen molar-refractivity contribution in [3.8, 4) is 0 Å². The van der Waals surface area contributed by atoms with Gasteiger partial charge in [0.25, 0.3) is 5.91 Å². The van der Waals surface area contributed by atoms with Gasteiger partial charge in [0.1, 0.15) is 0 Å². The van der Waals surface area contributed by atoms with Crippen molar-refractivity contribution in [1.29, 1.82) is 0 Å². The Morgan fingerprint density at radius 1 is 1.23 bits per heavy atom. The van der Waals surface area contributed by atoms with Gasteiger partial charge in [-0.3, -0.25) is 9.59 Å². The highest BCUT2D eigenvalue weighted by atomic mass is 32.2. The van der Waals surface area contributed by atoms with Crippen LogP contribution in [0.2, 0.25) is 0 Å². The highest BCUT2D eigenvalue weighted by Crippen LogP contribution is 2.35. The van der Waals surface area contributed by atoms with Crippen LogP contribution < -0.4 is 10.6 Å². The first-order valence-corrected chi connectivity index (χ1v) is 9.53. The smallest absolute Gasteiger partial charge is 0.251 e. The highest BCUT2D eigenvalue weighted by Gasteiger charge is 2.23. The van der Waals surface area contributed by atoms with Gasteiger partial charge in [-0.2, -0.15) is 0 Å². The van der Waals surface area contributed by atoms with Crippen LogP contribution in [0.4, 0.5) is 5.69 Å². The second-order valence-electron chi connectivity index (χ2n) is 6.11. The summed E-state index contributed by atoms with van der Waals surface area (Å²) in [4.78, 5) is 25.0. The number of fused-ring (bicyclic) bond motifs is 1. The number of anilines is 1. The fraction of sp³-hybridized carbons (Fsp3) is 0.300. The molecule has 3 rings (SSSR count). The van der Waals surface area contributed by atoms with Crippen LogP contribution in [0.3, 0.4) is 0 Å².